The Bertz CT molecular complexity index is 898. The van der Waals surface area contributed by atoms with Crippen molar-refractivity contribution in [3.63, 3.8) is 0 Å². The standard InChI is InChI=1S/C21H22FN3O2/c1-21(2,3)15-9-7-13(8-10-15)19(27)25-20-23-17(12-18(26)24-20)14-5-4-6-16(22)11-14/h4-11,17H,12H2,1-3H3,(H2,23,24,25,26,27)/t17-/m0/s1. The average molecular weight is 367 g/mol. The molecule has 27 heavy (non-hydrogen) atoms. The molecule has 0 saturated carbocycles. The SMILES string of the molecule is CC(C)(C)c1ccc(C(=O)NC2=N[C@H](c3cccc(F)c3)CC(=O)N2)cc1. The summed E-state index contributed by atoms with van der Waals surface area (Å²) in [6.07, 6.45) is 0.100. The molecule has 140 valence electrons. The maximum Gasteiger partial charge on any atom is 0.257 e. The Labute approximate surface area is 157 Å². The average Bonchev–Trinajstić information content (AvgIpc) is 2.60. The molecule has 2 aromatic carbocycles. The van der Waals surface area contributed by atoms with E-state index in [1.807, 2.05) is 12.1 Å². The fourth-order valence-corrected chi connectivity index (χ4v) is 2.86. The van der Waals surface area contributed by atoms with Crippen LogP contribution in [0.2, 0.25) is 0 Å². The number of benzene rings is 2. The van der Waals surface area contributed by atoms with Gasteiger partial charge in [-0.05, 0) is 40.8 Å². The first-order valence-electron chi connectivity index (χ1n) is 8.77. The quantitative estimate of drug-likeness (QED) is 0.853. The molecule has 0 spiro atoms. The Hall–Kier alpha value is -3.02. The summed E-state index contributed by atoms with van der Waals surface area (Å²) in [5, 5.41) is 5.18. The smallest absolute Gasteiger partial charge is 0.257 e. The predicted molar refractivity (Wildman–Crippen MR) is 102 cm³/mol. The van der Waals surface area contributed by atoms with Crippen LogP contribution in [-0.4, -0.2) is 17.8 Å². The van der Waals surface area contributed by atoms with Crippen molar-refractivity contribution in [2.45, 2.75) is 38.6 Å². The lowest BCUT2D eigenvalue weighted by atomic mass is 9.87. The molecule has 0 saturated heterocycles. The number of halogens is 1. The molecule has 1 heterocycles. The second kappa shape index (κ2) is 7.31. The summed E-state index contributed by atoms with van der Waals surface area (Å²) in [5.74, 6) is -0.962. The van der Waals surface area contributed by atoms with Crippen LogP contribution >= 0.6 is 0 Å². The van der Waals surface area contributed by atoms with Crippen molar-refractivity contribution in [3.05, 3.63) is 71.0 Å². The van der Waals surface area contributed by atoms with Crippen LogP contribution in [0.15, 0.2) is 53.5 Å². The number of rotatable bonds is 2. The van der Waals surface area contributed by atoms with E-state index in [4.69, 9.17) is 0 Å². The van der Waals surface area contributed by atoms with E-state index in [0.29, 0.717) is 11.1 Å². The molecule has 2 aromatic rings. The Morgan fingerprint density at radius 2 is 1.89 bits per heavy atom. The van der Waals surface area contributed by atoms with Crippen molar-refractivity contribution >= 4 is 17.8 Å². The number of aliphatic imine (C=N–C) groups is 1. The highest BCUT2D eigenvalue weighted by Gasteiger charge is 2.24. The molecule has 0 fully saturated rings. The molecule has 0 aliphatic carbocycles. The summed E-state index contributed by atoms with van der Waals surface area (Å²) >= 11 is 0. The zero-order chi connectivity index (χ0) is 19.6. The minimum Gasteiger partial charge on any atom is -0.296 e. The normalized spacial score (nSPS) is 17.1. The summed E-state index contributed by atoms with van der Waals surface area (Å²) in [7, 11) is 0. The lowest BCUT2D eigenvalue weighted by Crippen LogP contribution is -2.47. The molecule has 2 N–H and O–H groups in total. The molecule has 0 unspecified atom stereocenters. The van der Waals surface area contributed by atoms with Crippen molar-refractivity contribution in [1.29, 1.82) is 0 Å². The van der Waals surface area contributed by atoms with E-state index in [0.717, 1.165) is 5.56 Å². The first-order chi connectivity index (χ1) is 12.7. The molecule has 0 bridgehead atoms. The topological polar surface area (TPSA) is 70.6 Å². The van der Waals surface area contributed by atoms with Gasteiger partial charge < -0.3 is 0 Å². The van der Waals surface area contributed by atoms with Gasteiger partial charge in [0.25, 0.3) is 5.91 Å². The molecule has 1 aliphatic heterocycles. The van der Waals surface area contributed by atoms with E-state index in [2.05, 4.69) is 36.4 Å². The van der Waals surface area contributed by atoms with Gasteiger partial charge in [0, 0.05) is 5.56 Å². The first-order valence-corrected chi connectivity index (χ1v) is 8.77. The number of carbonyl (C=O) groups excluding carboxylic acids is 2. The Balaban J connectivity index is 1.77. The number of hydrogen-bond acceptors (Lipinski definition) is 3. The highest BCUT2D eigenvalue weighted by molar-refractivity contribution is 6.10. The molecule has 2 amide bonds. The van der Waals surface area contributed by atoms with E-state index < -0.39 is 11.9 Å². The summed E-state index contributed by atoms with van der Waals surface area (Å²) in [6.45, 7) is 6.29. The Morgan fingerprint density at radius 3 is 2.52 bits per heavy atom. The third kappa shape index (κ3) is 4.58. The third-order valence-electron chi connectivity index (χ3n) is 4.40. The molecule has 1 aliphatic rings. The van der Waals surface area contributed by atoms with Crippen molar-refractivity contribution in [2.75, 3.05) is 0 Å². The fraction of sp³-hybridized carbons (Fsp3) is 0.286. The lowest BCUT2D eigenvalue weighted by Gasteiger charge is -2.22. The van der Waals surface area contributed by atoms with E-state index in [1.54, 1.807) is 24.3 Å². The molecular weight excluding hydrogens is 345 g/mol. The maximum atomic E-state index is 13.4. The van der Waals surface area contributed by atoms with Crippen molar-refractivity contribution < 1.29 is 14.0 Å². The van der Waals surface area contributed by atoms with Gasteiger partial charge in [-0.1, -0.05) is 45.0 Å². The number of nitrogens with one attached hydrogen (secondary N) is 2. The van der Waals surface area contributed by atoms with Crippen LogP contribution in [0, 0.1) is 5.82 Å². The molecule has 5 nitrogen and oxygen atoms in total. The van der Waals surface area contributed by atoms with Gasteiger partial charge >= 0.3 is 0 Å². The fourth-order valence-electron chi connectivity index (χ4n) is 2.86. The second-order valence-electron chi connectivity index (χ2n) is 7.58. The third-order valence-corrected chi connectivity index (χ3v) is 4.40. The number of hydrogen-bond donors (Lipinski definition) is 2. The van der Waals surface area contributed by atoms with Crippen molar-refractivity contribution in [2.24, 2.45) is 4.99 Å². The predicted octanol–water partition coefficient (Wildman–Crippen LogP) is 3.47. The van der Waals surface area contributed by atoms with Crippen LogP contribution in [0.25, 0.3) is 0 Å². The van der Waals surface area contributed by atoms with Crippen LogP contribution in [0.4, 0.5) is 4.39 Å². The number of carbonyl (C=O) groups is 2. The molecule has 1 atom stereocenters. The highest BCUT2D eigenvalue weighted by atomic mass is 19.1. The van der Waals surface area contributed by atoms with Crippen LogP contribution in [0.3, 0.4) is 0 Å². The van der Waals surface area contributed by atoms with Gasteiger partial charge in [0.15, 0.2) is 0 Å². The van der Waals surface area contributed by atoms with Gasteiger partial charge in [-0.2, -0.15) is 0 Å². The summed E-state index contributed by atoms with van der Waals surface area (Å²) < 4.78 is 13.4. The molecular formula is C21H22FN3O2. The Morgan fingerprint density at radius 1 is 1.19 bits per heavy atom. The summed E-state index contributed by atoms with van der Waals surface area (Å²) in [4.78, 5) is 28.8. The summed E-state index contributed by atoms with van der Waals surface area (Å²) in [6, 6.07) is 12.7. The minimum atomic E-state index is -0.534. The molecule has 0 aromatic heterocycles. The number of guanidine groups is 1. The molecule has 3 rings (SSSR count). The van der Waals surface area contributed by atoms with Gasteiger partial charge in [0.05, 0.1) is 12.5 Å². The van der Waals surface area contributed by atoms with Crippen LogP contribution < -0.4 is 10.6 Å². The van der Waals surface area contributed by atoms with E-state index in [9.17, 15) is 14.0 Å². The van der Waals surface area contributed by atoms with Crippen LogP contribution in [0.1, 0.15) is 54.7 Å². The van der Waals surface area contributed by atoms with Gasteiger partial charge in [-0.25, -0.2) is 9.38 Å². The minimum absolute atomic E-state index is 0.00534. The summed E-state index contributed by atoms with van der Waals surface area (Å²) in [5.41, 5.74) is 2.17. The molecule has 0 radical (unpaired) electrons. The molecule has 6 heteroatoms. The van der Waals surface area contributed by atoms with Crippen molar-refractivity contribution in [1.82, 2.24) is 10.6 Å². The van der Waals surface area contributed by atoms with Crippen LogP contribution in [0.5, 0.6) is 0 Å². The van der Waals surface area contributed by atoms with Gasteiger partial charge in [0.1, 0.15) is 5.82 Å². The van der Waals surface area contributed by atoms with Gasteiger partial charge in [-0.3, -0.25) is 20.2 Å². The van der Waals surface area contributed by atoms with Crippen LogP contribution in [-0.2, 0) is 10.2 Å². The number of amides is 2. The monoisotopic (exact) mass is 367 g/mol. The zero-order valence-corrected chi connectivity index (χ0v) is 15.5. The zero-order valence-electron chi connectivity index (χ0n) is 15.5. The first kappa shape index (κ1) is 18.8. The van der Waals surface area contributed by atoms with Gasteiger partial charge in [-0.15, -0.1) is 0 Å². The number of nitrogens with zero attached hydrogens (tertiary/aromatic N) is 1. The highest BCUT2D eigenvalue weighted by Crippen LogP contribution is 2.24. The van der Waals surface area contributed by atoms with Gasteiger partial charge in [0.2, 0.25) is 11.9 Å². The second-order valence-corrected chi connectivity index (χ2v) is 7.58. The van der Waals surface area contributed by atoms with E-state index in [1.165, 1.54) is 12.1 Å². The Kier molecular flexibility index (Phi) is 5.08. The van der Waals surface area contributed by atoms with E-state index in [-0.39, 0.29) is 29.6 Å². The maximum absolute atomic E-state index is 13.4. The van der Waals surface area contributed by atoms with E-state index >= 15 is 0 Å². The lowest BCUT2D eigenvalue weighted by molar-refractivity contribution is -0.120. The largest absolute Gasteiger partial charge is 0.296 e. The van der Waals surface area contributed by atoms with Crippen molar-refractivity contribution in [3.8, 4) is 0 Å².